The molecule has 5 nitrogen and oxygen atoms in total. The predicted octanol–water partition coefficient (Wildman–Crippen LogP) is 3.40. The zero-order chi connectivity index (χ0) is 16.9. The van der Waals surface area contributed by atoms with Gasteiger partial charge in [-0.2, -0.15) is 5.26 Å². The topological polar surface area (TPSA) is 58.4 Å². The minimum atomic E-state index is 0.122. The first-order chi connectivity index (χ1) is 11.7. The highest BCUT2D eigenvalue weighted by Gasteiger charge is 2.27. The fraction of sp³-hybridized carbons (Fsp3) is 0.368. The predicted molar refractivity (Wildman–Crippen MR) is 92.4 cm³/mol. The summed E-state index contributed by atoms with van der Waals surface area (Å²) in [6.45, 7) is 3.09. The molecule has 2 unspecified atom stereocenters. The molecule has 1 saturated heterocycles. The molecule has 0 aliphatic carbocycles. The Morgan fingerprint density at radius 1 is 1.25 bits per heavy atom. The van der Waals surface area contributed by atoms with Crippen molar-refractivity contribution in [2.75, 3.05) is 18.6 Å². The third-order valence-corrected chi connectivity index (χ3v) is 4.39. The van der Waals surface area contributed by atoms with E-state index in [2.05, 4.69) is 22.9 Å². The van der Waals surface area contributed by atoms with Crippen LogP contribution >= 0.6 is 0 Å². The SMILES string of the molecule is COc1ccc(N2CCC(Oc3ccccc3C#N)CC2C)cn1. The number of methoxy groups -OCH3 is 1. The summed E-state index contributed by atoms with van der Waals surface area (Å²) in [6, 6.07) is 13.9. The summed E-state index contributed by atoms with van der Waals surface area (Å²) in [5.74, 6) is 1.30. The molecule has 0 bridgehead atoms. The molecule has 1 aliphatic heterocycles. The number of rotatable bonds is 4. The van der Waals surface area contributed by atoms with Gasteiger partial charge >= 0.3 is 0 Å². The first kappa shape index (κ1) is 16.1. The van der Waals surface area contributed by atoms with Crippen molar-refractivity contribution in [2.24, 2.45) is 0 Å². The number of nitriles is 1. The maximum atomic E-state index is 9.18. The molecule has 3 rings (SSSR count). The normalized spacial score (nSPS) is 20.3. The molecule has 0 radical (unpaired) electrons. The molecule has 0 N–H and O–H groups in total. The van der Waals surface area contributed by atoms with Crippen LogP contribution < -0.4 is 14.4 Å². The van der Waals surface area contributed by atoms with Crippen LogP contribution in [-0.2, 0) is 0 Å². The van der Waals surface area contributed by atoms with Crippen LogP contribution in [0.25, 0.3) is 0 Å². The van der Waals surface area contributed by atoms with Crippen molar-refractivity contribution in [2.45, 2.75) is 31.9 Å². The smallest absolute Gasteiger partial charge is 0.213 e. The van der Waals surface area contributed by atoms with Gasteiger partial charge in [0, 0.05) is 31.5 Å². The van der Waals surface area contributed by atoms with Gasteiger partial charge in [0.2, 0.25) is 5.88 Å². The summed E-state index contributed by atoms with van der Waals surface area (Å²) in [7, 11) is 1.62. The Bertz CT molecular complexity index is 724. The maximum Gasteiger partial charge on any atom is 0.213 e. The van der Waals surface area contributed by atoms with E-state index in [0.29, 0.717) is 23.2 Å². The van der Waals surface area contributed by atoms with Gasteiger partial charge in [0.25, 0.3) is 0 Å². The van der Waals surface area contributed by atoms with E-state index in [1.54, 1.807) is 13.2 Å². The monoisotopic (exact) mass is 323 g/mol. The number of para-hydroxylation sites is 1. The van der Waals surface area contributed by atoms with Gasteiger partial charge in [0.05, 0.1) is 24.6 Å². The number of pyridine rings is 1. The number of nitrogens with zero attached hydrogens (tertiary/aromatic N) is 3. The lowest BCUT2D eigenvalue weighted by Gasteiger charge is -2.39. The summed E-state index contributed by atoms with van der Waals surface area (Å²) in [4.78, 5) is 6.62. The number of hydrogen-bond donors (Lipinski definition) is 0. The molecule has 5 heteroatoms. The summed E-state index contributed by atoms with van der Waals surface area (Å²) in [5, 5.41) is 9.18. The Balaban J connectivity index is 1.65. The van der Waals surface area contributed by atoms with Crippen LogP contribution in [0, 0.1) is 11.3 Å². The Hall–Kier alpha value is -2.74. The first-order valence-electron chi connectivity index (χ1n) is 8.13. The summed E-state index contributed by atoms with van der Waals surface area (Å²) < 4.78 is 11.2. The number of ether oxygens (including phenoxy) is 2. The first-order valence-corrected chi connectivity index (χ1v) is 8.13. The van der Waals surface area contributed by atoms with Gasteiger partial charge in [-0.3, -0.25) is 0 Å². The fourth-order valence-corrected chi connectivity index (χ4v) is 3.12. The van der Waals surface area contributed by atoms with Crippen molar-refractivity contribution in [1.29, 1.82) is 5.26 Å². The van der Waals surface area contributed by atoms with E-state index < -0.39 is 0 Å². The second-order valence-electron chi connectivity index (χ2n) is 5.97. The van der Waals surface area contributed by atoms with Gasteiger partial charge in [-0.1, -0.05) is 12.1 Å². The lowest BCUT2D eigenvalue weighted by molar-refractivity contribution is 0.155. The molecule has 124 valence electrons. The standard InChI is InChI=1S/C19H21N3O2/c1-14-11-17(24-18-6-4-3-5-15(18)12-20)9-10-22(14)16-7-8-19(23-2)21-13-16/h3-8,13-14,17H,9-11H2,1-2H3. The lowest BCUT2D eigenvalue weighted by Crippen LogP contribution is -2.44. The quantitative estimate of drug-likeness (QED) is 0.863. The molecule has 0 amide bonds. The average molecular weight is 323 g/mol. The average Bonchev–Trinajstić information content (AvgIpc) is 2.62. The second kappa shape index (κ2) is 7.22. The Morgan fingerprint density at radius 2 is 2.08 bits per heavy atom. The van der Waals surface area contributed by atoms with Gasteiger partial charge in [0.15, 0.2) is 0 Å². The van der Waals surface area contributed by atoms with E-state index in [1.807, 2.05) is 36.5 Å². The van der Waals surface area contributed by atoms with E-state index >= 15 is 0 Å². The van der Waals surface area contributed by atoms with Gasteiger partial charge in [0.1, 0.15) is 17.9 Å². The molecule has 1 aromatic heterocycles. The van der Waals surface area contributed by atoms with Crippen molar-refractivity contribution < 1.29 is 9.47 Å². The van der Waals surface area contributed by atoms with Crippen LogP contribution in [0.4, 0.5) is 5.69 Å². The largest absolute Gasteiger partial charge is 0.489 e. The Kier molecular flexibility index (Phi) is 4.85. The molecule has 1 fully saturated rings. The van der Waals surface area contributed by atoms with Crippen molar-refractivity contribution in [3.63, 3.8) is 0 Å². The minimum absolute atomic E-state index is 0.122. The highest BCUT2D eigenvalue weighted by molar-refractivity contribution is 5.47. The number of benzene rings is 1. The number of piperidine rings is 1. The van der Waals surface area contributed by atoms with Crippen molar-refractivity contribution in [1.82, 2.24) is 4.98 Å². The minimum Gasteiger partial charge on any atom is -0.489 e. The fourth-order valence-electron chi connectivity index (χ4n) is 3.12. The van der Waals surface area contributed by atoms with Gasteiger partial charge < -0.3 is 14.4 Å². The number of aromatic nitrogens is 1. The zero-order valence-electron chi connectivity index (χ0n) is 14.0. The molecule has 24 heavy (non-hydrogen) atoms. The third kappa shape index (κ3) is 3.43. The van der Waals surface area contributed by atoms with E-state index in [0.717, 1.165) is 25.1 Å². The molecule has 1 aromatic carbocycles. The van der Waals surface area contributed by atoms with Crippen molar-refractivity contribution in [3.8, 4) is 17.7 Å². The van der Waals surface area contributed by atoms with Crippen LogP contribution in [0.2, 0.25) is 0 Å². The molecular weight excluding hydrogens is 302 g/mol. The van der Waals surface area contributed by atoms with Gasteiger partial charge in [-0.05, 0) is 25.1 Å². The van der Waals surface area contributed by atoms with Crippen LogP contribution in [0.3, 0.4) is 0 Å². The second-order valence-corrected chi connectivity index (χ2v) is 5.97. The third-order valence-electron chi connectivity index (χ3n) is 4.39. The van der Waals surface area contributed by atoms with Crippen molar-refractivity contribution >= 4 is 5.69 Å². The van der Waals surface area contributed by atoms with Crippen LogP contribution in [0.1, 0.15) is 25.3 Å². The van der Waals surface area contributed by atoms with Gasteiger partial charge in [-0.15, -0.1) is 0 Å². The molecule has 2 atom stereocenters. The van der Waals surface area contributed by atoms with Crippen LogP contribution in [0.5, 0.6) is 11.6 Å². The van der Waals surface area contributed by atoms with E-state index in [1.165, 1.54) is 0 Å². The highest BCUT2D eigenvalue weighted by Crippen LogP contribution is 2.28. The molecule has 0 saturated carbocycles. The summed E-state index contributed by atoms with van der Waals surface area (Å²) in [5.41, 5.74) is 1.69. The molecule has 2 aromatic rings. The molecular formula is C19H21N3O2. The zero-order valence-corrected chi connectivity index (χ0v) is 14.0. The van der Waals surface area contributed by atoms with E-state index in [9.17, 15) is 5.26 Å². The summed E-state index contributed by atoms with van der Waals surface area (Å²) >= 11 is 0. The van der Waals surface area contributed by atoms with Crippen LogP contribution in [-0.4, -0.2) is 30.8 Å². The number of hydrogen-bond acceptors (Lipinski definition) is 5. The Morgan fingerprint density at radius 3 is 2.75 bits per heavy atom. The summed E-state index contributed by atoms with van der Waals surface area (Å²) in [6.07, 6.45) is 3.79. The highest BCUT2D eigenvalue weighted by atomic mass is 16.5. The van der Waals surface area contributed by atoms with Crippen molar-refractivity contribution in [3.05, 3.63) is 48.2 Å². The van der Waals surface area contributed by atoms with Crippen LogP contribution in [0.15, 0.2) is 42.6 Å². The van der Waals surface area contributed by atoms with E-state index in [4.69, 9.17) is 9.47 Å². The number of anilines is 1. The molecule has 0 spiro atoms. The molecule has 2 heterocycles. The van der Waals surface area contributed by atoms with Gasteiger partial charge in [-0.25, -0.2) is 4.98 Å². The molecule has 1 aliphatic rings. The van der Waals surface area contributed by atoms with E-state index in [-0.39, 0.29) is 6.10 Å². The maximum absolute atomic E-state index is 9.18. The Labute approximate surface area is 142 Å². The lowest BCUT2D eigenvalue weighted by atomic mass is 10.00.